The van der Waals surface area contributed by atoms with E-state index < -0.39 is 21.1 Å². The molecule has 0 saturated carbocycles. The third kappa shape index (κ3) is 3.83. The quantitative estimate of drug-likeness (QED) is 0.708. The fraction of sp³-hybridized carbons (Fsp3) is 0.636. The Morgan fingerprint density at radius 2 is 2.22 bits per heavy atom. The molecule has 7 heteroatoms. The molecule has 102 valence electrons. The van der Waals surface area contributed by atoms with Gasteiger partial charge in [-0.3, -0.25) is 4.79 Å². The Hall–Kier alpha value is -1.37. The molecule has 6 nitrogen and oxygen atoms in total. The molecule has 0 aromatic carbocycles. The summed E-state index contributed by atoms with van der Waals surface area (Å²) in [5.74, 6) is 0.248. The molecule has 0 N–H and O–H groups in total. The van der Waals surface area contributed by atoms with Gasteiger partial charge in [-0.15, -0.1) is 0 Å². The number of carbonyl (C=O) groups is 1. The lowest BCUT2D eigenvalue weighted by Gasteiger charge is -2.12. The number of aryl methyl sites for hydroxylation is 2. The van der Waals surface area contributed by atoms with Gasteiger partial charge in [0.05, 0.1) is 24.5 Å². The number of aromatic nitrogens is 2. The highest BCUT2D eigenvalue weighted by Gasteiger charge is 2.23. The predicted octanol–water partition coefficient (Wildman–Crippen LogP) is 0.558. The van der Waals surface area contributed by atoms with Crippen molar-refractivity contribution in [2.75, 3.05) is 12.9 Å². The van der Waals surface area contributed by atoms with Crippen LogP contribution in [0.5, 0.6) is 0 Å². The first-order valence-corrected chi connectivity index (χ1v) is 7.34. The number of rotatable bonds is 6. The van der Waals surface area contributed by atoms with Gasteiger partial charge in [0.25, 0.3) is 0 Å². The van der Waals surface area contributed by atoms with Gasteiger partial charge in [-0.05, 0) is 13.8 Å². The van der Waals surface area contributed by atoms with E-state index in [-0.39, 0.29) is 12.2 Å². The molecule has 0 amide bonds. The summed E-state index contributed by atoms with van der Waals surface area (Å²) in [6.45, 7) is 3.68. The lowest BCUT2D eigenvalue weighted by atomic mass is 10.3. The largest absolute Gasteiger partial charge is 0.469 e. The van der Waals surface area contributed by atoms with E-state index in [9.17, 15) is 13.2 Å². The van der Waals surface area contributed by atoms with Crippen molar-refractivity contribution in [2.24, 2.45) is 0 Å². The van der Waals surface area contributed by atoms with Gasteiger partial charge in [0.2, 0.25) is 0 Å². The lowest BCUT2D eigenvalue weighted by Crippen LogP contribution is -2.26. The maximum Gasteiger partial charge on any atom is 0.306 e. The maximum atomic E-state index is 11.9. The Balaban J connectivity index is 2.59. The fourth-order valence-electron chi connectivity index (χ4n) is 1.51. The third-order valence-corrected chi connectivity index (χ3v) is 4.98. The van der Waals surface area contributed by atoms with Crippen molar-refractivity contribution in [3.8, 4) is 0 Å². The van der Waals surface area contributed by atoms with E-state index >= 15 is 0 Å². The standard InChI is InChI=1S/C11H18N2O4S/c1-9(8-11(14)17-3)18(15,16)7-6-13-5-4-12-10(13)2/h4-5,9H,6-8H2,1-3H3. The van der Waals surface area contributed by atoms with E-state index in [1.165, 1.54) is 14.0 Å². The average Bonchev–Trinajstić information content (AvgIpc) is 2.72. The molecule has 1 aromatic rings. The van der Waals surface area contributed by atoms with Crippen LogP contribution in [0.2, 0.25) is 0 Å². The number of carbonyl (C=O) groups excluding carboxylic acids is 1. The number of hydrogen-bond acceptors (Lipinski definition) is 5. The SMILES string of the molecule is COC(=O)CC(C)S(=O)(=O)CCn1ccnc1C. The van der Waals surface area contributed by atoms with E-state index in [0.29, 0.717) is 6.54 Å². The zero-order valence-corrected chi connectivity index (χ0v) is 11.6. The molecule has 0 radical (unpaired) electrons. The molecule has 1 atom stereocenters. The molecule has 1 aromatic heterocycles. The number of ether oxygens (including phenoxy) is 1. The molecule has 0 saturated heterocycles. The molecule has 0 aliphatic carbocycles. The fourth-order valence-corrected chi connectivity index (χ4v) is 2.76. The Labute approximate surface area is 107 Å². The topological polar surface area (TPSA) is 78.3 Å². The summed E-state index contributed by atoms with van der Waals surface area (Å²) in [6.07, 6.45) is 3.25. The van der Waals surface area contributed by atoms with Crippen molar-refractivity contribution < 1.29 is 17.9 Å². The summed E-state index contributed by atoms with van der Waals surface area (Å²) >= 11 is 0. The minimum absolute atomic E-state index is 0.0115. The Bertz CT molecular complexity index is 507. The van der Waals surface area contributed by atoms with Gasteiger partial charge in [0.15, 0.2) is 9.84 Å². The average molecular weight is 274 g/mol. The first-order valence-electron chi connectivity index (χ1n) is 5.63. The van der Waals surface area contributed by atoms with E-state index in [1.807, 2.05) is 6.92 Å². The van der Waals surface area contributed by atoms with Crippen molar-refractivity contribution >= 4 is 15.8 Å². The minimum Gasteiger partial charge on any atom is -0.469 e. The van der Waals surface area contributed by atoms with Crippen LogP contribution in [0.1, 0.15) is 19.2 Å². The molecule has 1 rings (SSSR count). The highest BCUT2D eigenvalue weighted by Crippen LogP contribution is 2.09. The molecule has 0 bridgehead atoms. The lowest BCUT2D eigenvalue weighted by molar-refractivity contribution is -0.140. The van der Waals surface area contributed by atoms with Gasteiger partial charge in [0, 0.05) is 18.9 Å². The molecule has 0 aliphatic heterocycles. The molecule has 0 aliphatic rings. The van der Waals surface area contributed by atoms with Crippen LogP contribution in [0, 0.1) is 6.92 Å². The van der Waals surface area contributed by atoms with E-state index in [2.05, 4.69) is 9.72 Å². The maximum absolute atomic E-state index is 11.9. The first kappa shape index (κ1) is 14.7. The van der Waals surface area contributed by atoms with Crippen molar-refractivity contribution in [3.05, 3.63) is 18.2 Å². The number of imidazole rings is 1. The number of hydrogen-bond donors (Lipinski definition) is 0. The van der Waals surface area contributed by atoms with Gasteiger partial charge in [-0.2, -0.15) is 0 Å². The van der Waals surface area contributed by atoms with Crippen LogP contribution in [-0.2, 0) is 25.9 Å². The second-order valence-corrected chi connectivity index (χ2v) is 6.66. The summed E-state index contributed by atoms with van der Waals surface area (Å²) < 4.78 is 30.1. The van der Waals surface area contributed by atoms with Crippen molar-refractivity contribution in [1.82, 2.24) is 9.55 Å². The van der Waals surface area contributed by atoms with E-state index in [1.54, 1.807) is 17.0 Å². The number of nitrogens with zero attached hydrogens (tertiary/aromatic N) is 2. The summed E-state index contributed by atoms with van der Waals surface area (Å²) in [5, 5.41) is -0.728. The van der Waals surface area contributed by atoms with Crippen molar-refractivity contribution in [2.45, 2.75) is 32.1 Å². The van der Waals surface area contributed by atoms with Crippen molar-refractivity contribution in [1.29, 1.82) is 0 Å². The number of methoxy groups -OCH3 is 1. The monoisotopic (exact) mass is 274 g/mol. The molecule has 1 unspecified atom stereocenters. The zero-order valence-electron chi connectivity index (χ0n) is 10.8. The summed E-state index contributed by atoms with van der Waals surface area (Å²) in [7, 11) is -2.06. The van der Waals surface area contributed by atoms with Crippen molar-refractivity contribution in [3.63, 3.8) is 0 Å². The smallest absolute Gasteiger partial charge is 0.306 e. The first-order chi connectivity index (χ1) is 8.36. The zero-order chi connectivity index (χ0) is 13.8. The second kappa shape index (κ2) is 5.99. The van der Waals surface area contributed by atoms with E-state index in [0.717, 1.165) is 5.82 Å². The number of sulfone groups is 1. The Morgan fingerprint density at radius 3 is 2.72 bits per heavy atom. The van der Waals surface area contributed by atoms with E-state index in [4.69, 9.17) is 0 Å². The van der Waals surface area contributed by atoms with Crippen LogP contribution in [0.4, 0.5) is 0 Å². The third-order valence-electron chi connectivity index (χ3n) is 2.84. The molecule has 0 spiro atoms. The van der Waals surface area contributed by atoms with Crippen LogP contribution in [0.25, 0.3) is 0 Å². The normalized spacial score (nSPS) is 13.3. The summed E-state index contributed by atoms with van der Waals surface area (Å²) in [4.78, 5) is 15.1. The van der Waals surface area contributed by atoms with Gasteiger partial charge in [0.1, 0.15) is 5.82 Å². The molecular weight excluding hydrogens is 256 g/mol. The summed E-state index contributed by atoms with van der Waals surface area (Å²) in [6, 6.07) is 0. The minimum atomic E-state index is -3.31. The molecule has 0 fully saturated rings. The van der Waals surface area contributed by atoms with Crippen LogP contribution in [0.3, 0.4) is 0 Å². The summed E-state index contributed by atoms with van der Waals surface area (Å²) in [5.41, 5.74) is 0. The van der Waals surface area contributed by atoms with Crippen LogP contribution in [0.15, 0.2) is 12.4 Å². The van der Waals surface area contributed by atoms with Crippen LogP contribution < -0.4 is 0 Å². The van der Waals surface area contributed by atoms with Gasteiger partial charge in [-0.1, -0.05) is 0 Å². The van der Waals surface area contributed by atoms with Gasteiger partial charge < -0.3 is 9.30 Å². The Morgan fingerprint density at radius 1 is 1.56 bits per heavy atom. The molecular formula is C11H18N2O4S. The highest BCUT2D eigenvalue weighted by molar-refractivity contribution is 7.92. The molecule has 18 heavy (non-hydrogen) atoms. The van der Waals surface area contributed by atoms with Gasteiger partial charge in [-0.25, -0.2) is 13.4 Å². The highest BCUT2D eigenvalue weighted by atomic mass is 32.2. The van der Waals surface area contributed by atoms with Crippen LogP contribution in [-0.4, -0.2) is 42.1 Å². The van der Waals surface area contributed by atoms with Crippen LogP contribution >= 0.6 is 0 Å². The van der Waals surface area contributed by atoms with Gasteiger partial charge >= 0.3 is 5.97 Å². The second-order valence-electron chi connectivity index (χ2n) is 4.13. The number of esters is 1. The Kier molecular flexibility index (Phi) is 4.89. The molecule has 1 heterocycles. The predicted molar refractivity (Wildman–Crippen MR) is 66.8 cm³/mol.